The Morgan fingerprint density at radius 3 is 2.56 bits per heavy atom. The number of aromatic nitrogens is 1. The smallest absolute Gasteiger partial charge is 0.244 e. The van der Waals surface area contributed by atoms with E-state index in [2.05, 4.69) is 22.5 Å². The highest BCUT2D eigenvalue weighted by Crippen LogP contribution is 2.38. The molecule has 8 heteroatoms. The molecule has 1 heterocycles. The first kappa shape index (κ1) is 25.9. The summed E-state index contributed by atoms with van der Waals surface area (Å²) in [7, 11) is 0. The van der Waals surface area contributed by atoms with Gasteiger partial charge in [0.1, 0.15) is 5.25 Å². The van der Waals surface area contributed by atoms with Gasteiger partial charge >= 0.3 is 0 Å². The van der Waals surface area contributed by atoms with E-state index >= 15 is 0 Å². The van der Waals surface area contributed by atoms with Gasteiger partial charge in [-0.3, -0.25) is 9.59 Å². The van der Waals surface area contributed by atoms with E-state index < -0.39 is 5.25 Å². The van der Waals surface area contributed by atoms with Crippen molar-refractivity contribution in [2.24, 2.45) is 0 Å². The number of carbonyl (C=O) groups is 2. The zero-order chi connectivity index (χ0) is 25.3. The molecule has 0 saturated heterocycles. The third-order valence-corrected chi connectivity index (χ3v) is 7.69. The Bertz CT molecular complexity index is 1330. The molecule has 5 nitrogen and oxygen atoms in total. The molecule has 4 rings (SSSR count). The van der Waals surface area contributed by atoms with Crippen molar-refractivity contribution in [3.05, 3.63) is 94.8 Å². The molecule has 1 aromatic heterocycles. The van der Waals surface area contributed by atoms with Crippen molar-refractivity contribution in [1.29, 1.82) is 0 Å². The molecule has 0 spiro atoms. The molecule has 0 fully saturated rings. The molecule has 4 aromatic rings. The van der Waals surface area contributed by atoms with Crippen LogP contribution in [0.15, 0.2) is 89.1 Å². The van der Waals surface area contributed by atoms with Crippen LogP contribution >= 0.6 is 34.7 Å². The predicted molar refractivity (Wildman–Crippen MR) is 151 cm³/mol. The summed E-state index contributed by atoms with van der Waals surface area (Å²) in [6.07, 6.45) is 2.31. The van der Waals surface area contributed by atoms with Gasteiger partial charge in [-0.05, 0) is 36.2 Å². The van der Waals surface area contributed by atoms with E-state index in [4.69, 9.17) is 11.6 Å². The number of hydrogen-bond donors (Lipinski definition) is 2. The Hall–Kier alpha value is -3.13. The summed E-state index contributed by atoms with van der Waals surface area (Å²) in [5.41, 5.74) is 3.14. The Morgan fingerprint density at radius 2 is 1.78 bits per heavy atom. The quantitative estimate of drug-likeness (QED) is 0.201. The molecular formula is C28H26ClN3O2S2. The Morgan fingerprint density at radius 1 is 1.00 bits per heavy atom. The second kappa shape index (κ2) is 12.7. The lowest BCUT2D eigenvalue weighted by molar-refractivity contribution is -0.116. The lowest BCUT2D eigenvalue weighted by Gasteiger charge is -2.17. The van der Waals surface area contributed by atoms with Crippen LogP contribution in [0.3, 0.4) is 0 Å². The maximum Gasteiger partial charge on any atom is 0.244 e. The van der Waals surface area contributed by atoms with Crippen LogP contribution in [-0.4, -0.2) is 16.8 Å². The van der Waals surface area contributed by atoms with E-state index in [-0.39, 0.29) is 11.8 Å². The van der Waals surface area contributed by atoms with Crippen LogP contribution in [0.25, 0.3) is 11.3 Å². The van der Waals surface area contributed by atoms with Crippen molar-refractivity contribution in [1.82, 2.24) is 4.98 Å². The zero-order valence-electron chi connectivity index (χ0n) is 19.7. The third-order valence-electron chi connectivity index (χ3n) is 5.35. The number of carbonyl (C=O) groups excluding carboxylic acids is 2. The Balaban J connectivity index is 1.52. The number of nitrogens with zero attached hydrogens (tertiary/aromatic N) is 1. The van der Waals surface area contributed by atoms with Crippen LogP contribution < -0.4 is 10.6 Å². The summed E-state index contributed by atoms with van der Waals surface area (Å²) < 4.78 is 0. The van der Waals surface area contributed by atoms with Crippen molar-refractivity contribution in [3.63, 3.8) is 0 Å². The van der Waals surface area contributed by atoms with E-state index in [1.54, 1.807) is 0 Å². The molecular weight excluding hydrogens is 510 g/mol. The first-order valence-electron chi connectivity index (χ1n) is 11.7. The number of thioether (sulfide) groups is 1. The van der Waals surface area contributed by atoms with Gasteiger partial charge in [0.25, 0.3) is 0 Å². The highest BCUT2D eigenvalue weighted by atomic mass is 35.5. The van der Waals surface area contributed by atoms with Crippen LogP contribution in [0.5, 0.6) is 0 Å². The number of rotatable bonds is 10. The monoisotopic (exact) mass is 535 g/mol. The number of hydrogen-bond acceptors (Lipinski definition) is 5. The van der Waals surface area contributed by atoms with Crippen LogP contribution in [0.1, 0.15) is 37.0 Å². The standard InChI is InChI=1S/C28H26ClN3O2S2/c1-2-3-16-25(33)30-20-12-9-13-21(17-20)36-26(19-10-5-4-6-11-19)27(34)32-28-31-24(18-35-28)22-14-7-8-15-23(22)29/h4-15,17-18,26H,2-3,16H2,1H3,(H,30,33)(H,31,32,34). The van der Waals surface area contributed by atoms with Crippen LogP contribution in [0.2, 0.25) is 5.02 Å². The zero-order valence-corrected chi connectivity index (χ0v) is 22.1. The topological polar surface area (TPSA) is 71.1 Å². The minimum atomic E-state index is -0.509. The highest BCUT2D eigenvalue weighted by molar-refractivity contribution is 8.00. The van der Waals surface area contributed by atoms with Crippen LogP contribution in [-0.2, 0) is 9.59 Å². The minimum Gasteiger partial charge on any atom is -0.326 e. The fraction of sp³-hybridized carbons (Fsp3) is 0.179. The molecule has 1 atom stereocenters. The SMILES string of the molecule is CCCCC(=O)Nc1cccc(SC(C(=O)Nc2nc(-c3ccccc3Cl)cs2)c2ccccc2)c1. The second-order valence-corrected chi connectivity index (χ2v) is 10.5. The third kappa shape index (κ3) is 6.97. The maximum atomic E-state index is 13.5. The van der Waals surface area contributed by atoms with Crippen LogP contribution in [0.4, 0.5) is 10.8 Å². The average molecular weight is 536 g/mol. The molecule has 2 N–H and O–H groups in total. The van der Waals surface area contributed by atoms with Gasteiger partial charge in [-0.15, -0.1) is 23.1 Å². The van der Waals surface area contributed by atoms with Gasteiger partial charge in [0.05, 0.1) is 5.69 Å². The largest absolute Gasteiger partial charge is 0.326 e. The first-order valence-corrected chi connectivity index (χ1v) is 13.8. The molecule has 0 saturated carbocycles. The minimum absolute atomic E-state index is 0.00514. The van der Waals surface area contributed by atoms with Gasteiger partial charge in [-0.2, -0.15) is 0 Å². The molecule has 36 heavy (non-hydrogen) atoms. The number of halogens is 1. The highest BCUT2D eigenvalue weighted by Gasteiger charge is 2.23. The molecule has 1 unspecified atom stereocenters. The van der Waals surface area contributed by atoms with Gasteiger partial charge in [-0.1, -0.05) is 79.5 Å². The maximum absolute atomic E-state index is 13.5. The molecule has 2 amide bonds. The van der Waals surface area contributed by atoms with Gasteiger partial charge in [0, 0.05) is 33.0 Å². The van der Waals surface area contributed by atoms with E-state index in [1.807, 2.05) is 84.2 Å². The molecule has 0 aliphatic rings. The molecule has 184 valence electrons. The summed E-state index contributed by atoms with van der Waals surface area (Å²) >= 11 is 9.10. The number of benzene rings is 3. The lowest BCUT2D eigenvalue weighted by Crippen LogP contribution is -2.19. The average Bonchev–Trinajstić information content (AvgIpc) is 3.35. The number of unbranched alkanes of at least 4 members (excludes halogenated alkanes) is 1. The fourth-order valence-corrected chi connectivity index (χ4v) is 5.57. The van der Waals surface area contributed by atoms with E-state index in [0.29, 0.717) is 16.6 Å². The van der Waals surface area contributed by atoms with Crippen molar-refractivity contribution in [3.8, 4) is 11.3 Å². The van der Waals surface area contributed by atoms with Crippen molar-refractivity contribution >= 4 is 57.3 Å². The second-order valence-electron chi connectivity index (χ2n) is 8.10. The number of nitrogens with one attached hydrogen (secondary N) is 2. The van der Waals surface area contributed by atoms with Crippen molar-refractivity contribution < 1.29 is 9.59 Å². The predicted octanol–water partition coefficient (Wildman–Crippen LogP) is 8.06. The Labute approximate surface area is 224 Å². The van der Waals surface area contributed by atoms with E-state index in [9.17, 15) is 9.59 Å². The molecule has 0 aliphatic carbocycles. The molecule has 0 aliphatic heterocycles. The van der Waals surface area contributed by atoms with Crippen LogP contribution in [0, 0.1) is 0 Å². The summed E-state index contributed by atoms with van der Waals surface area (Å²) in [6, 6.07) is 24.7. The fourth-order valence-electron chi connectivity index (χ4n) is 3.54. The van der Waals surface area contributed by atoms with E-state index in [0.717, 1.165) is 40.2 Å². The molecule has 0 bridgehead atoms. The van der Waals surface area contributed by atoms with Gasteiger partial charge in [0.2, 0.25) is 11.8 Å². The van der Waals surface area contributed by atoms with Crippen molar-refractivity contribution in [2.75, 3.05) is 10.6 Å². The summed E-state index contributed by atoms with van der Waals surface area (Å²) in [6.45, 7) is 2.06. The Kier molecular flexibility index (Phi) is 9.17. The summed E-state index contributed by atoms with van der Waals surface area (Å²) in [5, 5.41) is 8.42. The van der Waals surface area contributed by atoms with Gasteiger partial charge in [0.15, 0.2) is 5.13 Å². The van der Waals surface area contributed by atoms with Gasteiger partial charge in [-0.25, -0.2) is 4.98 Å². The first-order chi connectivity index (χ1) is 17.5. The summed E-state index contributed by atoms with van der Waals surface area (Å²) in [5.74, 6) is -0.182. The number of thiazole rings is 1. The summed E-state index contributed by atoms with van der Waals surface area (Å²) in [4.78, 5) is 31.1. The normalized spacial score (nSPS) is 11.6. The lowest BCUT2D eigenvalue weighted by atomic mass is 10.1. The molecule has 3 aromatic carbocycles. The number of amides is 2. The van der Waals surface area contributed by atoms with E-state index in [1.165, 1.54) is 23.1 Å². The van der Waals surface area contributed by atoms with Gasteiger partial charge < -0.3 is 10.6 Å². The number of anilines is 2. The molecule has 0 radical (unpaired) electrons. The van der Waals surface area contributed by atoms with Crippen molar-refractivity contribution in [2.45, 2.75) is 36.3 Å².